The van der Waals surface area contributed by atoms with Crippen LogP contribution in [0.4, 0.5) is 0 Å². The Morgan fingerprint density at radius 1 is 1.21 bits per heavy atom. The first-order chi connectivity index (χ1) is 6.49. The van der Waals surface area contributed by atoms with E-state index < -0.39 is 0 Å². The van der Waals surface area contributed by atoms with Gasteiger partial charge in [-0.3, -0.25) is 0 Å². The molecule has 0 aromatic carbocycles. The van der Waals surface area contributed by atoms with Gasteiger partial charge in [0.1, 0.15) is 0 Å². The molecule has 0 aromatic heterocycles. The Morgan fingerprint density at radius 2 is 1.79 bits per heavy atom. The molecule has 2 nitrogen and oxygen atoms in total. The van der Waals surface area contributed by atoms with Crippen LogP contribution in [0.2, 0.25) is 0 Å². The molecule has 0 unspecified atom stereocenters. The first-order valence-electron chi connectivity index (χ1n) is 5.95. The van der Waals surface area contributed by atoms with E-state index in [2.05, 4.69) is 45.0 Å². The Balaban J connectivity index is 2.14. The molecule has 1 saturated carbocycles. The Hall–Kier alpha value is -0.0800. The fraction of sp³-hybridized carbons (Fsp3) is 1.00. The monoisotopic (exact) mass is 198 g/mol. The average Bonchev–Trinajstić information content (AvgIpc) is 1.93. The first kappa shape index (κ1) is 12.0. The predicted octanol–water partition coefficient (Wildman–Crippen LogP) is 2.10. The zero-order valence-corrected chi connectivity index (χ0v) is 10.4. The zero-order chi connectivity index (χ0) is 10.7. The lowest BCUT2D eigenvalue weighted by atomic mass is 9.85. The lowest BCUT2D eigenvalue weighted by Crippen LogP contribution is -2.53. The highest BCUT2D eigenvalue weighted by Crippen LogP contribution is 2.25. The van der Waals surface area contributed by atoms with Gasteiger partial charge in [0, 0.05) is 24.7 Å². The quantitative estimate of drug-likeness (QED) is 0.728. The van der Waals surface area contributed by atoms with Crippen LogP contribution < -0.4 is 5.32 Å². The summed E-state index contributed by atoms with van der Waals surface area (Å²) in [5, 5.41) is 3.59. The van der Waals surface area contributed by atoms with Crippen molar-refractivity contribution in [2.45, 2.75) is 58.7 Å². The summed E-state index contributed by atoms with van der Waals surface area (Å²) in [6.07, 6.45) is 2.67. The van der Waals surface area contributed by atoms with E-state index in [-0.39, 0.29) is 0 Å². The van der Waals surface area contributed by atoms with Crippen molar-refractivity contribution in [2.75, 3.05) is 13.6 Å². The highest BCUT2D eigenvalue weighted by atomic mass is 15.2. The molecule has 14 heavy (non-hydrogen) atoms. The molecule has 1 rings (SSSR count). The van der Waals surface area contributed by atoms with Crippen molar-refractivity contribution in [3.63, 3.8) is 0 Å². The molecule has 1 aliphatic carbocycles. The molecule has 0 aliphatic heterocycles. The van der Waals surface area contributed by atoms with Gasteiger partial charge in [-0.15, -0.1) is 0 Å². The highest BCUT2D eigenvalue weighted by Gasteiger charge is 2.31. The van der Waals surface area contributed by atoms with Crippen LogP contribution in [-0.4, -0.2) is 36.6 Å². The van der Waals surface area contributed by atoms with Crippen LogP contribution >= 0.6 is 0 Å². The summed E-state index contributed by atoms with van der Waals surface area (Å²) in [6.45, 7) is 10.3. The van der Waals surface area contributed by atoms with Crippen molar-refractivity contribution in [3.05, 3.63) is 0 Å². The zero-order valence-electron chi connectivity index (χ0n) is 10.4. The summed E-state index contributed by atoms with van der Waals surface area (Å²) < 4.78 is 0. The van der Waals surface area contributed by atoms with Crippen LogP contribution in [0.5, 0.6) is 0 Å². The minimum atomic E-state index is 0.636. The lowest BCUT2D eigenvalue weighted by Gasteiger charge is -2.43. The molecule has 84 valence electrons. The van der Waals surface area contributed by atoms with E-state index in [1.165, 1.54) is 19.4 Å². The molecule has 0 radical (unpaired) electrons. The first-order valence-corrected chi connectivity index (χ1v) is 5.95. The molecular weight excluding hydrogens is 172 g/mol. The van der Waals surface area contributed by atoms with Gasteiger partial charge in [0.15, 0.2) is 0 Å². The van der Waals surface area contributed by atoms with Crippen LogP contribution in [0.3, 0.4) is 0 Å². The summed E-state index contributed by atoms with van der Waals surface area (Å²) in [7, 11) is 2.26. The summed E-state index contributed by atoms with van der Waals surface area (Å²) in [5.41, 5.74) is 0. The molecule has 1 N–H and O–H groups in total. The fourth-order valence-corrected chi connectivity index (χ4v) is 2.28. The minimum absolute atomic E-state index is 0.636. The van der Waals surface area contributed by atoms with Crippen molar-refractivity contribution in [1.82, 2.24) is 10.2 Å². The summed E-state index contributed by atoms with van der Waals surface area (Å²) in [4.78, 5) is 2.52. The number of rotatable bonds is 5. The molecule has 0 aromatic rings. The van der Waals surface area contributed by atoms with Gasteiger partial charge in [-0.05, 0) is 25.8 Å². The summed E-state index contributed by atoms with van der Waals surface area (Å²) >= 11 is 0. The number of nitrogens with zero attached hydrogens (tertiary/aromatic N) is 1. The Morgan fingerprint density at radius 3 is 2.21 bits per heavy atom. The van der Waals surface area contributed by atoms with E-state index in [0.29, 0.717) is 6.04 Å². The van der Waals surface area contributed by atoms with Crippen LogP contribution in [0, 0.1) is 5.92 Å². The predicted molar refractivity (Wildman–Crippen MR) is 62.5 cm³/mol. The van der Waals surface area contributed by atoms with E-state index in [1.807, 2.05) is 0 Å². The normalized spacial score (nSPS) is 27.4. The average molecular weight is 198 g/mol. The van der Waals surface area contributed by atoms with Gasteiger partial charge in [-0.25, -0.2) is 0 Å². The molecule has 1 aliphatic rings. The fourth-order valence-electron chi connectivity index (χ4n) is 2.28. The third kappa shape index (κ3) is 3.58. The molecular formula is C12H26N2. The van der Waals surface area contributed by atoms with Gasteiger partial charge >= 0.3 is 0 Å². The third-order valence-electron chi connectivity index (χ3n) is 2.96. The lowest BCUT2D eigenvalue weighted by molar-refractivity contribution is 0.107. The van der Waals surface area contributed by atoms with Gasteiger partial charge in [0.25, 0.3) is 0 Å². The highest BCUT2D eigenvalue weighted by molar-refractivity contribution is 4.91. The van der Waals surface area contributed by atoms with E-state index in [1.54, 1.807) is 0 Å². The number of nitrogens with one attached hydrogen (secondary N) is 1. The van der Waals surface area contributed by atoms with Crippen LogP contribution in [0.15, 0.2) is 0 Å². The summed E-state index contributed by atoms with van der Waals surface area (Å²) in [6, 6.07) is 2.24. The largest absolute Gasteiger partial charge is 0.312 e. The van der Waals surface area contributed by atoms with Crippen molar-refractivity contribution in [1.29, 1.82) is 0 Å². The Labute approximate surface area is 89.1 Å². The molecule has 0 spiro atoms. The molecule has 0 bridgehead atoms. The van der Waals surface area contributed by atoms with Crippen LogP contribution in [0.25, 0.3) is 0 Å². The standard InChI is InChI=1S/C12H26N2/c1-9(2)8-14(5)12-6-11(7-12)13-10(3)4/h9-13H,6-8H2,1-5H3/t11-,12-. The van der Waals surface area contributed by atoms with Crippen molar-refractivity contribution < 1.29 is 0 Å². The maximum Gasteiger partial charge on any atom is 0.0122 e. The molecule has 0 saturated heterocycles. The van der Waals surface area contributed by atoms with Crippen molar-refractivity contribution in [3.8, 4) is 0 Å². The van der Waals surface area contributed by atoms with Gasteiger partial charge in [0.2, 0.25) is 0 Å². The van der Waals surface area contributed by atoms with E-state index >= 15 is 0 Å². The van der Waals surface area contributed by atoms with E-state index in [4.69, 9.17) is 0 Å². The van der Waals surface area contributed by atoms with Gasteiger partial charge in [-0.2, -0.15) is 0 Å². The molecule has 2 heteroatoms. The van der Waals surface area contributed by atoms with Gasteiger partial charge in [0.05, 0.1) is 0 Å². The third-order valence-corrected chi connectivity index (χ3v) is 2.96. The maximum absolute atomic E-state index is 3.59. The Kier molecular flexibility index (Phi) is 4.39. The van der Waals surface area contributed by atoms with Gasteiger partial charge in [-0.1, -0.05) is 27.7 Å². The molecule has 1 fully saturated rings. The minimum Gasteiger partial charge on any atom is -0.312 e. The van der Waals surface area contributed by atoms with Crippen molar-refractivity contribution >= 4 is 0 Å². The smallest absolute Gasteiger partial charge is 0.0122 e. The molecule has 0 heterocycles. The Bertz CT molecular complexity index is 160. The molecule has 0 atom stereocenters. The molecule has 0 amide bonds. The maximum atomic E-state index is 3.59. The van der Waals surface area contributed by atoms with Crippen LogP contribution in [0.1, 0.15) is 40.5 Å². The summed E-state index contributed by atoms with van der Waals surface area (Å²) in [5.74, 6) is 0.789. The second kappa shape index (κ2) is 5.13. The number of hydrogen-bond acceptors (Lipinski definition) is 2. The van der Waals surface area contributed by atoms with Crippen LogP contribution in [-0.2, 0) is 0 Å². The van der Waals surface area contributed by atoms with Gasteiger partial charge < -0.3 is 10.2 Å². The van der Waals surface area contributed by atoms with E-state index in [9.17, 15) is 0 Å². The van der Waals surface area contributed by atoms with E-state index in [0.717, 1.165) is 18.0 Å². The SMILES string of the molecule is CC(C)CN(C)[C@H]1C[C@H](NC(C)C)C1. The van der Waals surface area contributed by atoms with Crippen molar-refractivity contribution in [2.24, 2.45) is 5.92 Å². The second-order valence-corrected chi connectivity index (χ2v) is 5.48. The topological polar surface area (TPSA) is 15.3 Å². The number of hydrogen-bond donors (Lipinski definition) is 1. The second-order valence-electron chi connectivity index (χ2n) is 5.48.